The number of carbonyl (C=O) groups excluding carboxylic acids is 1. The zero-order valence-corrected chi connectivity index (χ0v) is 10.5. The van der Waals surface area contributed by atoms with Crippen molar-refractivity contribution in [2.75, 3.05) is 19.0 Å². The van der Waals surface area contributed by atoms with Gasteiger partial charge in [0.25, 0.3) is 0 Å². The average molecular weight is 273 g/mol. The van der Waals surface area contributed by atoms with E-state index in [1.165, 1.54) is 19.2 Å². The number of hydrogen-bond donors (Lipinski definition) is 1. The number of anilines is 1. The quantitative estimate of drug-likeness (QED) is 0.676. The van der Waals surface area contributed by atoms with Gasteiger partial charge in [-0.25, -0.2) is 4.79 Å². The van der Waals surface area contributed by atoms with Gasteiger partial charge in [0.2, 0.25) is 0 Å². The number of alkyl halides is 3. The molecule has 0 heterocycles. The lowest BCUT2D eigenvalue weighted by Crippen LogP contribution is -2.07. The normalized spacial score (nSPS) is 12.2. The molecule has 0 saturated heterocycles. The molecule has 0 aliphatic heterocycles. The van der Waals surface area contributed by atoms with Crippen LogP contribution in [0, 0.1) is 0 Å². The van der Waals surface area contributed by atoms with E-state index >= 15 is 0 Å². The molecular weight excluding hydrogens is 259 g/mol. The summed E-state index contributed by atoms with van der Waals surface area (Å²) in [6.45, 7) is 1.81. The van der Waals surface area contributed by atoms with Crippen LogP contribution >= 0.6 is 0 Å². The van der Waals surface area contributed by atoms with Gasteiger partial charge in [-0.2, -0.15) is 13.2 Å². The summed E-state index contributed by atoms with van der Waals surface area (Å²) < 4.78 is 41.9. The van der Waals surface area contributed by atoms with Gasteiger partial charge in [0.15, 0.2) is 0 Å². The molecule has 1 aromatic carbocycles. The Morgan fingerprint density at radius 3 is 2.68 bits per heavy atom. The van der Waals surface area contributed by atoms with Crippen LogP contribution in [0.1, 0.15) is 12.5 Å². The SMILES string of the molecule is COC(=O)/C(C)=C/CNc1cccc(C(F)(F)F)c1. The van der Waals surface area contributed by atoms with Crippen molar-refractivity contribution in [2.45, 2.75) is 13.1 Å². The van der Waals surface area contributed by atoms with Gasteiger partial charge in [-0.05, 0) is 25.1 Å². The van der Waals surface area contributed by atoms with Gasteiger partial charge in [-0.15, -0.1) is 0 Å². The predicted molar refractivity (Wildman–Crippen MR) is 65.7 cm³/mol. The molecule has 0 spiro atoms. The fourth-order valence-electron chi connectivity index (χ4n) is 1.37. The molecule has 19 heavy (non-hydrogen) atoms. The van der Waals surface area contributed by atoms with Crippen LogP contribution in [0.15, 0.2) is 35.9 Å². The first-order valence-electron chi connectivity index (χ1n) is 5.51. The first-order chi connectivity index (χ1) is 8.84. The Labute approximate surface area is 109 Å². The molecule has 0 unspecified atom stereocenters. The van der Waals surface area contributed by atoms with Crippen molar-refractivity contribution in [2.24, 2.45) is 0 Å². The Bertz CT molecular complexity index is 481. The van der Waals surface area contributed by atoms with Crippen molar-refractivity contribution in [1.82, 2.24) is 0 Å². The second-order valence-corrected chi connectivity index (χ2v) is 3.84. The third-order valence-electron chi connectivity index (χ3n) is 2.41. The molecule has 0 aliphatic carbocycles. The number of esters is 1. The van der Waals surface area contributed by atoms with Crippen molar-refractivity contribution in [3.8, 4) is 0 Å². The molecule has 0 amide bonds. The third-order valence-corrected chi connectivity index (χ3v) is 2.41. The minimum Gasteiger partial charge on any atom is -0.466 e. The number of carbonyl (C=O) groups is 1. The summed E-state index contributed by atoms with van der Waals surface area (Å²) in [7, 11) is 1.26. The van der Waals surface area contributed by atoms with E-state index in [-0.39, 0.29) is 6.54 Å². The molecule has 0 aromatic heterocycles. The molecule has 0 atom stereocenters. The first-order valence-corrected chi connectivity index (χ1v) is 5.51. The van der Waals surface area contributed by atoms with E-state index in [1.54, 1.807) is 13.0 Å². The summed E-state index contributed by atoms with van der Waals surface area (Å²) in [6.07, 6.45) is -2.82. The lowest BCUT2D eigenvalue weighted by Gasteiger charge is -2.09. The van der Waals surface area contributed by atoms with E-state index in [0.717, 1.165) is 12.1 Å². The largest absolute Gasteiger partial charge is 0.466 e. The summed E-state index contributed by atoms with van der Waals surface area (Å²) in [4.78, 5) is 11.1. The maximum absolute atomic E-state index is 12.5. The molecular formula is C13H14F3NO2. The van der Waals surface area contributed by atoms with E-state index in [2.05, 4.69) is 10.1 Å². The van der Waals surface area contributed by atoms with Crippen molar-refractivity contribution in [3.63, 3.8) is 0 Å². The zero-order chi connectivity index (χ0) is 14.5. The number of nitrogens with one attached hydrogen (secondary N) is 1. The van der Waals surface area contributed by atoms with Crippen LogP contribution in [0.4, 0.5) is 18.9 Å². The number of ether oxygens (including phenoxy) is 1. The van der Waals surface area contributed by atoms with Crippen LogP contribution in [0.5, 0.6) is 0 Å². The number of benzene rings is 1. The average Bonchev–Trinajstić information content (AvgIpc) is 2.37. The molecule has 6 heteroatoms. The van der Waals surface area contributed by atoms with E-state index in [4.69, 9.17) is 0 Å². The van der Waals surface area contributed by atoms with E-state index in [9.17, 15) is 18.0 Å². The monoisotopic (exact) mass is 273 g/mol. The highest BCUT2D eigenvalue weighted by molar-refractivity contribution is 5.87. The second-order valence-electron chi connectivity index (χ2n) is 3.84. The van der Waals surface area contributed by atoms with Crippen LogP contribution in [-0.4, -0.2) is 19.6 Å². The molecule has 3 nitrogen and oxygen atoms in total. The maximum atomic E-state index is 12.5. The van der Waals surface area contributed by atoms with Crippen molar-refractivity contribution in [1.29, 1.82) is 0 Å². The summed E-state index contributed by atoms with van der Waals surface area (Å²) in [5.74, 6) is -0.467. The van der Waals surface area contributed by atoms with E-state index < -0.39 is 17.7 Å². The molecule has 0 fully saturated rings. The number of halogens is 3. The number of methoxy groups -OCH3 is 1. The highest BCUT2D eigenvalue weighted by Gasteiger charge is 2.30. The summed E-state index contributed by atoms with van der Waals surface area (Å²) in [6, 6.07) is 4.86. The van der Waals surface area contributed by atoms with Crippen molar-refractivity contribution in [3.05, 3.63) is 41.5 Å². The Balaban J connectivity index is 2.67. The van der Waals surface area contributed by atoms with Crippen molar-refractivity contribution >= 4 is 11.7 Å². The fourth-order valence-corrected chi connectivity index (χ4v) is 1.37. The van der Waals surface area contributed by atoms with Gasteiger partial charge in [0, 0.05) is 17.8 Å². The van der Waals surface area contributed by atoms with Gasteiger partial charge in [0.1, 0.15) is 0 Å². The molecule has 104 valence electrons. The van der Waals surface area contributed by atoms with Crippen molar-refractivity contribution < 1.29 is 22.7 Å². The van der Waals surface area contributed by atoms with E-state index in [1.807, 2.05) is 0 Å². The van der Waals surface area contributed by atoms with Gasteiger partial charge in [-0.3, -0.25) is 0 Å². The third kappa shape index (κ3) is 4.65. The molecule has 0 bridgehead atoms. The highest BCUT2D eigenvalue weighted by atomic mass is 19.4. The summed E-state index contributed by atoms with van der Waals surface area (Å²) in [5, 5.41) is 2.78. The fraction of sp³-hybridized carbons (Fsp3) is 0.308. The molecule has 1 N–H and O–H groups in total. The maximum Gasteiger partial charge on any atom is 0.416 e. The summed E-state index contributed by atoms with van der Waals surface area (Å²) >= 11 is 0. The topological polar surface area (TPSA) is 38.3 Å². The molecule has 1 rings (SSSR count). The first kappa shape index (κ1) is 15.1. The minimum atomic E-state index is -4.37. The standard InChI is InChI=1S/C13H14F3NO2/c1-9(12(18)19-2)6-7-17-11-5-3-4-10(8-11)13(14,15)16/h3-6,8,17H,7H2,1-2H3/b9-6+. The Kier molecular flexibility index (Phi) is 4.97. The van der Waals surface area contributed by atoms with Crippen LogP contribution in [0.25, 0.3) is 0 Å². The lowest BCUT2D eigenvalue weighted by atomic mass is 10.2. The number of rotatable bonds is 4. The highest BCUT2D eigenvalue weighted by Crippen LogP contribution is 2.30. The zero-order valence-electron chi connectivity index (χ0n) is 10.5. The number of hydrogen-bond acceptors (Lipinski definition) is 3. The van der Waals surface area contributed by atoms with Gasteiger partial charge >= 0.3 is 12.1 Å². The Morgan fingerprint density at radius 1 is 1.42 bits per heavy atom. The summed E-state index contributed by atoms with van der Waals surface area (Å²) in [5.41, 5.74) is 0.0110. The molecule has 0 aliphatic rings. The van der Waals surface area contributed by atoms with Gasteiger partial charge in [-0.1, -0.05) is 12.1 Å². The smallest absolute Gasteiger partial charge is 0.416 e. The van der Waals surface area contributed by atoms with E-state index in [0.29, 0.717) is 11.3 Å². The Hall–Kier alpha value is -1.98. The lowest BCUT2D eigenvalue weighted by molar-refractivity contribution is -0.137. The van der Waals surface area contributed by atoms with Crippen LogP contribution in [-0.2, 0) is 15.7 Å². The van der Waals surface area contributed by atoms with Crippen LogP contribution in [0.3, 0.4) is 0 Å². The van der Waals surface area contributed by atoms with Crippen LogP contribution in [0.2, 0.25) is 0 Å². The second kappa shape index (κ2) is 6.26. The minimum absolute atomic E-state index is 0.238. The van der Waals surface area contributed by atoms with Gasteiger partial charge < -0.3 is 10.1 Å². The predicted octanol–water partition coefficient (Wildman–Crippen LogP) is 3.24. The molecule has 0 radical (unpaired) electrons. The Morgan fingerprint density at radius 2 is 2.11 bits per heavy atom. The van der Waals surface area contributed by atoms with Gasteiger partial charge in [0.05, 0.1) is 12.7 Å². The van der Waals surface area contributed by atoms with Crippen LogP contribution < -0.4 is 5.32 Å². The molecule has 0 saturated carbocycles. The molecule has 1 aromatic rings.